The molecule has 0 radical (unpaired) electrons. The third-order valence-electron chi connectivity index (χ3n) is 4.59. The van der Waals surface area contributed by atoms with Crippen molar-refractivity contribution >= 4 is 17.5 Å². The van der Waals surface area contributed by atoms with Crippen molar-refractivity contribution in [2.75, 3.05) is 32.2 Å². The quantitative estimate of drug-likeness (QED) is 0.769. The second-order valence-electron chi connectivity index (χ2n) is 6.59. The highest BCUT2D eigenvalue weighted by atomic mass is 16.5. The van der Waals surface area contributed by atoms with Gasteiger partial charge in [-0.3, -0.25) is 9.59 Å². The van der Waals surface area contributed by atoms with E-state index in [2.05, 4.69) is 10.6 Å². The molecule has 1 heterocycles. The van der Waals surface area contributed by atoms with Crippen LogP contribution >= 0.6 is 0 Å². The van der Waals surface area contributed by atoms with Gasteiger partial charge in [0.2, 0.25) is 5.91 Å². The van der Waals surface area contributed by atoms with E-state index in [1.54, 1.807) is 13.2 Å². The third-order valence-corrected chi connectivity index (χ3v) is 4.59. The molecule has 3 rings (SSSR count). The lowest BCUT2D eigenvalue weighted by molar-refractivity contribution is -0.126. The molecule has 0 spiro atoms. The minimum Gasteiger partial charge on any atom is -0.492 e. The molecule has 0 bridgehead atoms. The van der Waals surface area contributed by atoms with Crippen molar-refractivity contribution < 1.29 is 19.1 Å². The molecule has 2 N–H and O–H groups in total. The average Bonchev–Trinajstić information content (AvgIpc) is 2.67. The molecule has 0 saturated heterocycles. The second kappa shape index (κ2) is 8.68. The second-order valence-corrected chi connectivity index (χ2v) is 6.59. The van der Waals surface area contributed by atoms with Gasteiger partial charge in [0.05, 0.1) is 12.5 Å². The van der Waals surface area contributed by atoms with E-state index in [0.29, 0.717) is 37.4 Å². The molecule has 1 aliphatic rings. The zero-order valence-electron chi connectivity index (χ0n) is 15.6. The maximum atomic E-state index is 12.5. The number of hydrogen-bond acceptors (Lipinski definition) is 4. The largest absolute Gasteiger partial charge is 0.492 e. The molecular weight excluding hydrogens is 344 g/mol. The first-order valence-corrected chi connectivity index (χ1v) is 8.98. The topological polar surface area (TPSA) is 76.7 Å². The van der Waals surface area contributed by atoms with Gasteiger partial charge in [0.15, 0.2) is 0 Å². The highest BCUT2D eigenvalue weighted by molar-refractivity contribution is 6.05. The molecule has 0 saturated carbocycles. The van der Waals surface area contributed by atoms with Crippen LogP contribution in [0.4, 0.5) is 5.69 Å². The average molecular weight is 368 g/mol. The van der Waals surface area contributed by atoms with E-state index in [1.165, 1.54) is 0 Å². The number of amides is 2. The van der Waals surface area contributed by atoms with Gasteiger partial charge >= 0.3 is 0 Å². The number of fused-ring (bicyclic) bond motifs is 1. The number of rotatable bonds is 6. The van der Waals surface area contributed by atoms with E-state index in [-0.39, 0.29) is 17.7 Å². The molecule has 0 aliphatic carbocycles. The normalized spacial score (nSPS) is 15.4. The van der Waals surface area contributed by atoms with Crippen LogP contribution in [0.25, 0.3) is 0 Å². The summed E-state index contributed by atoms with van der Waals surface area (Å²) in [5, 5.41) is 5.77. The van der Waals surface area contributed by atoms with Gasteiger partial charge in [-0.25, -0.2) is 0 Å². The first-order chi connectivity index (χ1) is 13.1. The van der Waals surface area contributed by atoms with Crippen molar-refractivity contribution in [1.82, 2.24) is 5.32 Å². The molecular formula is C21H24N2O4. The fourth-order valence-electron chi connectivity index (χ4n) is 3.09. The van der Waals surface area contributed by atoms with Gasteiger partial charge in [-0.05, 0) is 48.7 Å². The minimum atomic E-state index is -0.253. The number of ether oxygens (including phenoxy) is 2. The molecule has 27 heavy (non-hydrogen) atoms. The lowest BCUT2D eigenvalue weighted by atomic mass is 9.95. The predicted molar refractivity (Wildman–Crippen MR) is 103 cm³/mol. The molecule has 142 valence electrons. The molecule has 2 aromatic carbocycles. The van der Waals surface area contributed by atoms with Gasteiger partial charge in [-0.15, -0.1) is 0 Å². The SMILES string of the molecule is COCCNC(=O)[C@H]1COc2ccc(NC(=O)c3ccccc3C)cc2C1. The summed E-state index contributed by atoms with van der Waals surface area (Å²) in [5.41, 5.74) is 3.16. The lowest BCUT2D eigenvalue weighted by Crippen LogP contribution is -2.38. The van der Waals surface area contributed by atoms with E-state index < -0.39 is 0 Å². The maximum Gasteiger partial charge on any atom is 0.255 e. The molecule has 0 unspecified atom stereocenters. The fourth-order valence-corrected chi connectivity index (χ4v) is 3.09. The van der Waals surface area contributed by atoms with Crippen molar-refractivity contribution in [3.05, 3.63) is 59.2 Å². The highest BCUT2D eigenvalue weighted by Gasteiger charge is 2.26. The van der Waals surface area contributed by atoms with E-state index in [0.717, 1.165) is 16.9 Å². The monoisotopic (exact) mass is 368 g/mol. The first-order valence-electron chi connectivity index (χ1n) is 8.98. The Morgan fingerprint density at radius 1 is 1.22 bits per heavy atom. The Kier molecular flexibility index (Phi) is 6.08. The third kappa shape index (κ3) is 4.65. The van der Waals surface area contributed by atoms with E-state index in [9.17, 15) is 9.59 Å². The lowest BCUT2D eigenvalue weighted by Gasteiger charge is -2.25. The van der Waals surface area contributed by atoms with Crippen LogP contribution in [0.5, 0.6) is 5.75 Å². The summed E-state index contributed by atoms with van der Waals surface area (Å²) in [7, 11) is 1.60. The molecule has 2 aromatic rings. The van der Waals surface area contributed by atoms with Gasteiger partial charge < -0.3 is 20.1 Å². The van der Waals surface area contributed by atoms with E-state index in [4.69, 9.17) is 9.47 Å². The van der Waals surface area contributed by atoms with Gasteiger partial charge in [0, 0.05) is 24.9 Å². The Morgan fingerprint density at radius 3 is 2.81 bits per heavy atom. The highest BCUT2D eigenvalue weighted by Crippen LogP contribution is 2.30. The zero-order chi connectivity index (χ0) is 19.2. The number of carbonyl (C=O) groups is 2. The summed E-state index contributed by atoms with van der Waals surface area (Å²) < 4.78 is 10.7. The number of anilines is 1. The Morgan fingerprint density at radius 2 is 2.04 bits per heavy atom. The summed E-state index contributed by atoms with van der Waals surface area (Å²) in [4.78, 5) is 24.8. The smallest absolute Gasteiger partial charge is 0.255 e. The predicted octanol–water partition coefficient (Wildman–Crippen LogP) is 2.56. The van der Waals surface area contributed by atoms with Gasteiger partial charge in [-0.2, -0.15) is 0 Å². The number of benzene rings is 2. The van der Waals surface area contributed by atoms with Gasteiger partial charge in [0.25, 0.3) is 5.91 Å². The Labute approximate surface area is 158 Å². The van der Waals surface area contributed by atoms with Crippen LogP contribution in [-0.2, 0) is 16.0 Å². The summed E-state index contributed by atoms with van der Waals surface area (Å²) in [6, 6.07) is 13.0. The summed E-state index contributed by atoms with van der Waals surface area (Å²) in [6.07, 6.45) is 0.572. The van der Waals surface area contributed by atoms with Crippen LogP contribution in [0.3, 0.4) is 0 Å². The minimum absolute atomic E-state index is 0.0490. The first kappa shape index (κ1) is 18.9. The van der Waals surface area contributed by atoms with Crippen molar-refractivity contribution in [1.29, 1.82) is 0 Å². The van der Waals surface area contributed by atoms with Crippen LogP contribution < -0.4 is 15.4 Å². The van der Waals surface area contributed by atoms with Crippen molar-refractivity contribution in [2.24, 2.45) is 5.92 Å². The molecule has 0 aromatic heterocycles. The summed E-state index contributed by atoms with van der Waals surface area (Å²) >= 11 is 0. The van der Waals surface area contributed by atoms with Crippen LogP contribution in [0.1, 0.15) is 21.5 Å². The van der Waals surface area contributed by atoms with Crippen molar-refractivity contribution in [3.8, 4) is 5.75 Å². The van der Waals surface area contributed by atoms with Crippen molar-refractivity contribution in [3.63, 3.8) is 0 Å². The van der Waals surface area contributed by atoms with Crippen LogP contribution in [0, 0.1) is 12.8 Å². The van der Waals surface area contributed by atoms with Gasteiger partial charge in [-0.1, -0.05) is 18.2 Å². The molecule has 6 nitrogen and oxygen atoms in total. The zero-order valence-corrected chi connectivity index (χ0v) is 15.6. The Hall–Kier alpha value is -2.86. The summed E-state index contributed by atoms with van der Waals surface area (Å²) in [5.74, 6) is 0.298. The molecule has 0 fully saturated rings. The maximum absolute atomic E-state index is 12.5. The number of nitrogens with one attached hydrogen (secondary N) is 2. The number of aryl methyl sites for hydroxylation is 1. The molecule has 1 aliphatic heterocycles. The molecule has 1 atom stereocenters. The van der Waals surface area contributed by atoms with E-state index in [1.807, 2.05) is 43.3 Å². The Bertz CT molecular complexity index is 835. The summed E-state index contributed by atoms with van der Waals surface area (Å²) in [6.45, 7) is 3.21. The standard InChI is InChI=1S/C21H24N2O4/c1-14-5-3-4-6-18(14)21(25)23-17-7-8-19-15(12-17)11-16(13-27-19)20(24)22-9-10-26-2/h3-8,12,16H,9-11,13H2,1-2H3,(H,22,24)(H,23,25)/t16-/m1/s1. The molecule has 6 heteroatoms. The van der Waals surface area contributed by atoms with Crippen LogP contribution in [-0.4, -0.2) is 38.7 Å². The van der Waals surface area contributed by atoms with Gasteiger partial charge in [0.1, 0.15) is 12.4 Å². The number of carbonyl (C=O) groups excluding carboxylic acids is 2. The van der Waals surface area contributed by atoms with E-state index >= 15 is 0 Å². The van der Waals surface area contributed by atoms with Crippen molar-refractivity contribution in [2.45, 2.75) is 13.3 Å². The molecule has 2 amide bonds. The number of hydrogen-bond donors (Lipinski definition) is 2. The fraction of sp³-hybridized carbons (Fsp3) is 0.333. The Balaban J connectivity index is 1.68. The number of methoxy groups -OCH3 is 1. The van der Waals surface area contributed by atoms with Crippen LogP contribution in [0.15, 0.2) is 42.5 Å². The van der Waals surface area contributed by atoms with Crippen LogP contribution in [0.2, 0.25) is 0 Å².